The van der Waals surface area contributed by atoms with Gasteiger partial charge in [-0.3, -0.25) is 0 Å². The van der Waals surface area contributed by atoms with Crippen LogP contribution < -0.4 is 5.73 Å². The molecule has 0 fully saturated rings. The summed E-state index contributed by atoms with van der Waals surface area (Å²) in [5, 5.41) is 16.0. The average molecular weight is 303 g/mol. The fraction of sp³-hybridized carbons (Fsp3) is 0.462. The van der Waals surface area contributed by atoms with Crippen molar-refractivity contribution < 1.29 is 23.1 Å². The van der Waals surface area contributed by atoms with Crippen molar-refractivity contribution in [1.29, 1.82) is 5.26 Å². The van der Waals surface area contributed by atoms with Crippen LogP contribution in [-0.2, 0) is 11.2 Å². The number of nitrogen functional groups attached to an aromatic ring is 1. The Labute approximate surface area is 120 Å². The highest BCUT2D eigenvalue weighted by Gasteiger charge is 2.38. The number of anilines is 1. The molecule has 1 rings (SSSR count). The van der Waals surface area contributed by atoms with Crippen LogP contribution in [0.3, 0.4) is 0 Å². The number of aryl methyl sites for hydroxylation is 2. The van der Waals surface area contributed by atoms with Gasteiger partial charge in [0.1, 0.15) is 11.9 Å². The Bertz CT molecular complexity index is 537. The zero-order chi connectivity index (χ0) is 16.6. The van der Waals surface area contributed by atoms with E-state index in [1.165, 1.54) is 0 Å². The van der Waals surface area contributed by atoms with Crippen LogP contribution in [0.25, 0.3) is 0 Å². The van der Waals surface area contributed by atoms with Gasteiger partial charge >= 0.3 is 12.1 Å². The molecular weight excluding hydrogens is 287 g/mol. The Hall–Kier alpha value is -2.30. The fourth-order valence-electron chi connectivity index (χ4n) is 1.46. The second kappa shape index (κ2) is 8.09. The van der Waals surface area contributed by atoms with Gasteiger partial charge in [-0.05, 0) is 31.4 Å². The van der Waals surface area contributed by atoms with E-state index in [0.717, 1.165) is 30.5 Å². The Morgan fingerprint density at radius 3 is 2.43 bits per heavy atom. The van der Waals surface area contributed by atoms with Crippen LogP contribution in [0.15, 0.2) is 6.07 Å². The first-order valence-corrected chi connectivity index (χ1v) is 6.09. The van der Waals surface area contributed by atoms with Crippen LogP contribution in [-0.4, -0.2) is 22.2 Å². The van der Waals surface area contributed by atoms with E-state index in [1.807, 2.05) is 13.0 Å². The van der Waals surface area contributed by atoms with Crippen molar-refractivity contribution in [2.75, 3.05) is 5.73 Å². The van der Waals surface area contributed by atoms with Crippen LogP contribution in [0, 0.1) is 18.3 Å². The van der Waals surface area contributed by atoms with Gasteiger partial charge in [0.15, 0.2) is 0 Å². The quantitative estimate of drug-likeness (QED) is 0.894. The van der Waals surface area contributed by atoms with E-state index in [0.29, 0.717) is 11.4 Å². The highest BCUT2D eigenvalue weighted by molar-refractivity contribution is 5.73. The van der Waals surface area contributed by atoms with Crippen LogP contribution in [0.5, 0.6) is 0 Å². The third-order valence-electron chi connectivity index (χ3n) is 2.41. The van der Waals surface area contributed by atoms with E-state index in [9.17, 15) is 13.2 Å². The number of hydrogen-bond donors (Lipinski definition) is 2. The van der Waals surface area contributed by atoms with Gasteiger partial charge in [-0.15, -0.1) is 0 Å². The molecular formula is C13H16F3N3O2. The summed E-state index contributed by atoms with van der Waals surface area (Å²) in [6.45, 7) is 4.02. The molecule has 1 aromatic rings. The lowest BCUT2D eigenvalue weighted by atomic mass is 10.0. The minimum Gasteiger partial charge on any atom is -0.475 e. The summed E-state index contributed by atoms with van der Waals surface area (Å²) in [4.78, 5) is 13.0. The van der Waals surface area contributed by atoms with Gasteiger partial charge in [-0.2, -0.15) is 18.4 Å². The molecule has 0 amide bonds. The molecule has 3 N–H and O–H groups in total. The van der Waals surface area contributed by atoms with Crippen LogP contribution in [0.4, 0.5) is 19.0 Å². The van der Waals surface area contributed by atoms with E-state index in [1.54, 1.807) is 0 Å². The molecule has 1 aromatic heterocycles. The minimum absolute atomic E-state index is 0.360. The molecule has 0 bridgehead atoms. The second-order valence-corrected chi connectivity index (χ2v) is 4.20. The summed E-state index contributed by atoms with van der Waals surface area (Å²) in [5.74, 6) is -2.40. The average Bonchev–Trinajstić information content (AvgIpc) is 2.35. The van der Waals surface area contributed by atoms with E-state index in [4.69, 9.17) is 20.9 Å². The Morgan fingerprint density at radius 1 is 1.52 bits per heavy atom. The SMILES string of the molecule is CCCCc1cc(C)nc(N)c1C#N.O=C(O)C(F)(F)F. The first kappa shape index (κ1) is 18.7. The van der Waals surface area contributed by atoms with Crippen LogP contribution in [0.2, 0.25) is 0 Å². The van der Waals surface area contributed by atoms with Crippen LogP contribution >= 0.6 is 0 Å². The van der Waals surface area contributed by atoms with Gasteiger partial charge in [0.25, 0.3) is 0 Å². The maximum absolute atomic E-state index is 10.6. The van der Waals surface area contributed by atoms with E-state index >= 15 is 0 Å². The van der Waals surface area contributed by atoms with Crippen molar-refractivity contribution in [2.45, 2.75) is 39.3 Å². The topological polar surface area (TPSA) is 100 Å². The summed E-state index contributed by atoms with van der Waals surface area (Å²) < 4.78 is 31.7. The number of carboxylic acid groups (broad SMARTS) is 1. The number of nitrogens with zero attached hydrogens (tertiary/aromatic N) is 2. The lowest BCUT2D eigenvalue weighted by Gasteiger charge is -2.06. The molecule has 0 saturated carbocycles. The molecule has 0 radical (unpaired) electrons. The second-order valence-electron chi connectivity index (χ2n) is 4.20. The maximum atomic E-state index is 10.6. The van der Waals surface area contributed by atoms with Gasteiger partial charge in [-0.25, -0.2) is 9.78 Å². The number of unbranched alkanes of at least 4 members (excludes halogenated alkanes) is 1. The van der Waals surface area contributed by atoms with E-state index in [2.05, 4.69) is 18.0 Å². The maximum Gasteiger partial charge on any atom is 0.490 e. The molecule has 0 atom stereocenters. The number of nitriles is 1. The van der Waals surface area contributed by atoms with Gasteiger partial charge in [0.05, 0.1) is 5.56 Å². The smallest absolute Gasteiger partial charge is 0.475 e. The summed E-state index contributed by atoms with van der Waals surface area (Å²) >= 11 is 0. The molecule has 21 heavy (non-hydrogen) atoms. The molecule has 0 aliphatic heterocycles. The van der Waals surface area contributed by atoms with Crippen LogP contribution in [0.1, 0.15) is 36.6 Å². The zero-order valence-corrected chi connectivity index (χ0v) is 11.7. The molecule has 0 aliphatic rings. The molecule has 0 saturated heterocycles. The standard InChI is InChI=1S/C11H15N3.C2HF3O2/c1-3-4-5-9-6-8(2)14-11(13)10(9)7-12;3-2(4,5)1(6)7/h6H,3-5H2,1-2H3,(H2,13,14);(H,6,7). The number of halogens is 3. The highest BCUT2D eigenvalue weighted by Crippen LogP contribution is 2.17. The largest absolute Gasteiger partial charge is 0.490 e. The number of nitrogens with two attached hydrogens (primary N) is 1. The predicted octanol–water partition coefficient (Wildman–Crippen LogP) is 2.82. The number of aromatic nitrogens is 1. The van der Waals surface area contributed by atoms with Crippen molar-refractivity contribution in [3.8, 4) is 6.07 Å². The molecule has 116 valence electrons. The van der Waals surface area contributed by atoms with Gasteiger partial charge in [0, 0.05) is 5.69 Å². The lowest BCUT2D eigenvalue weighted by molar-refractivity contribution is -0.192. The number of rotatable bonds is 3. The normalized spacial score (nSPS) is 10.3. The Balaban J connectivity index is 0.000000486. The molecule has 5 nitrogen and oxygen atoms in total. The first-order chi connectivity index (χ1) is 9.63. The molecule has 8 heteroatoms. The fourth-order valence-corrected chi connectivity index (χ4v) is 1.46. The molecule has 0 aromatic carbocycles. The molecule has 0 spiro atoms. The predicted molar refractivity (Wildman–Crippen MR) is 70.4 cm³/mol. The zero-order valence-electron chi connectivity index (χ0n) is 11.7. The first-order valence-electron chi connectivity index (χ1n) is 6.09. The number of pyridine rings is 1. The van der Waals surface area contributed by atoms with Gasteiger partial charge in [0.2, 0.25) is 0 Å². The Morgan fingerprint density at radius 2 is 2.05 bits per heavy atom. The lowest BCUT2D eigenvalue weighted by Crippen LogP contribution is -2.21. The molecule has 1 heterocycles. The summed E-state index contributed by atoms with van der Waals surface area (Å²) in [5.41, 5.74) is 8.13. The summed E-state index contributed by atoms with van der Waals surface area (Å²) in [7, 11) is 0. The summed E-state index contributed by atoms with van der Waals surface area (Å²) in [6.07, 6.45) is -1.98. The number of hydrogen-bond acceptors (Lipinski definition) is 4. The third kappa shape index (κ3) is 6.61. The monoisotopic (exact) mass is 303 g/mol. The van der Waals surface area contributed by atoms with Crippen molar-refractivity contribution >= 4 is 11.8 Å². The van der Waals surface area contributed by atoms with E-state index < -0.39 is 12.1 Å². The highest BCUT2D eigenvalue weighted by atomic mass is 19.4. The van der Waals surface area contributed by atoms with Gasteiger partial charge in [-0.1, -0.05) is 13.3 Å². The summed E-state index contributed by atoms with van der Waals surface area (Å²) in [6, 6.07) is 4.06. The van der Waals surface area contributed by atoms with E-state index in [-0.39, 0.29) is 0 Å². The van der Waals surface area contributed by atoms with Gasteiger partial charge < -0.3 is 10.8 Å². The van der Waals surface area contributed by atoms with Crippen molar-refractivity contribution in [3.05, 3.63) is 22.9 Å². The van der Waals surface area contributed by atoms with Crippen molar-refractivity contribution in [2.24, 2.45) is 0 Å². The number of carbonyl (C=O) groups is 1. The Kier molecular flexibility index (Phi) is 7.21. The number of aliphatic carboxylic acids is 1. The molecule has 0 unspecified atom stereocenters. The third-order valence-corrected chi connectivity index (χ3v) is 2.41. The minimum atomic E-state index is -5.08. The number of alkyl halides is 3. The number of carboxylic acids is 1. The van der Waals surface area contributed by atoms with Crippen molar-refractivity contribution in [3.63, 3.8) is 0 Å². The molecule has 0 aliphatic carbocycles. The van der Waals surface area contributed by atoms with Crippen molar-refractivity contribution in [1.82, 2.24) is 4.98 Å².